The van der Waals surface area contributed by atoms with Gasteiger partial charge in [-0.3, -0.25) is 0 Å². The van der Waals surface area contributed by atoms with Crippen LogP contribution in [0.25, 0.3) is 5.52 Å². The Morgan fingerprint density at radius 3 is 2.72 bits per heavy atom. The number of ether oxygens (including phenoxy) is 1. The van der Waals surface area contributed by atoms with E-state index >= 15 is 0 Å². The Morgan fingerprint density at radius 2 is 2.08 bits per heavy atom. The van der Waals surface area contributed by atoms with Crippen LogP contribution in [-0.4, -0.2) is 16.2 Å². The number of nitriles is 1. The molecule has 0 unspecified atom stereocenters. The van der Waals surface area contributed by atoms with Crippen molar-refractivity contribution in [2.75, 3.05) is 17.7 Å². The fourth-order valence-corrected chi connectivity index (χ4v) is 3.15. The lowest BCUT2D eigenvalue weighted by molar-refractivity contribution is 0.340. The summed E-state index contributed by atoms with van der Waals surface area (Å²) in [5.74, 6) is 2.05. The third kappa shape index (κ3) is 2.64. The van der Waals surface area contributed by atoms with Crippen LogP contribution >= 0.6 is 0 Å². The summed E-state index contributed by atoms with van der Waals surface area (Å²) < 4.78 is 7.27. The number of rotatable bonds is 5. The van der Waals surface area contributed by atoms with E-state index in [4.69, 9.17) is 10.5 Å². The minimum absolute atomic E-state index is 0.380. The molecule has 4 rings (SSSR count). The van der Waals surface area contributed by atoms with Gasteiger partial charge in [0, 0.05) is 11.3 Å². The molecule has 0 bridgehead atoms. The molecule has 2 heterocycles. The largest absolute Gasteiger partial charge is 0.494 e. The van der Waals surface area contributed by atoms with Gasteiger partial charge < -0.3 is 15.8 Å². The number of hydrogen-bond acceptors (Lipinski definition) is 5. The van der Waals surface area contributed by atoms with Crippen molar-refractivity contribution in [3.8, 4) is 11.8 Å². The molecule has 0 saturated heterocycles. The lowest BCUT2D eigenvalue weighted by atomic mass is 10.0. The van der Waals surface area contributed by atoms with E-state index in [-0.39, 0.29) is 0 Å². The van der Waals surface area contributed by atoms with Crippen LogP contribution in [-0.2, 0) is 0 Å². The lowest BCUT2D eigenvalue weighted by Gasteiger charge is -2.17. The van der Waals surface area contributed by atoms with Crippen LogP contribution < -0.4 is 15.8 Å². The first-order valence-corrected chi connectivity index (χ1v) is 8.42. The third-order valence-corrected chi connectivity index (χ3v) is 4.45. The second-order valence-electron chi connectivity index (χ2n) is 6.15. The van der Waals surface area contributed by atoms with Crippen LogP contribution in [0.15, 0.2) is 36.5 Å². The minimum Gasteiger partial charge on any atom is -0.494 e. The monoisotopic (exact) mass is 333 g/mol. The van der Waals surface area contributed by atoms with Gasteiger partial charge in [-0.05, 0) is 56.0 Å². The highest BCUT2D eigenvalue weighted by molar-refractivity contribution is 5.82. The molecular formula is C19H19N5O. The quantitative estimate of drug-likeness (QED) is 0.741. The Bertz CT molecular complexity index is 964. The smallest absolute Gasteiger partial charge is 0.138 e. The lowest BCUT2D eigenvalue weighted by Crippen LogP contribution is -2.09. The number of benzene rings is 1. The molecule has 0 radical (unpaired) electrons. The highest BCUT2D eigenvalue weighted by Gasteiger charge is 2.32. The third-order valence-electron chi connectivity index (χ3n) is 4.45. The molecule has 6 heteroatoms. The molecule has 126 valence electrons. The van der Waals surface area contributed by atoms with E-state index in [2.05, 4.69) is 16.5 Å². The topological polar surface area (TPSA) is 88.4 Å². The number of nitrogens with zero attached hydrogens (tertiary/aromatic N) is 3. The van der Waals surface area contributed by atoms with E-state index in [0.29, 0.717) is 23.8 Å². The molecular weight excluding hydrogens is 314 g/mol. The van der Waals surface area contributed by atoms with Gasteiger partial charge in [-0.25, -0.2) is 4.52 Å². The second kappa shape index (κ2) is 6.02. The number of nitrogens with two attached hydrogens (primary N) is 1. The fourth-order valence-electron chi connectivity index (χ4n) is 3.15. The zero-order chi connectivity index (χ0) is 17.4. The summed E-state index contributed by atoms with van der Waals surface area (Å²) in [5, 5.41) is 17.4. The fraction of sp³-hybridized carbons (Fsp3) is 0.263. The van der Waals surface area contributed by atoms with Crippen LogP contribution in [0.5, 0.6) is 5.75 Å². The van der Waals surface area contributed by atoms with Gasteiger partial charge >= 0.3 is 0 Å². The summed E-state index contributed by atoms with van der Waals surface area (Å²) in [4.78, 5) is 0. The highest BCUT2D eigenvalue weighted by Crippen LogP contribution is 2.48. The molecule has 1 saturated carbocycles. The molecule has 1 fully saturated rings. The maximum atomic E-state index is 9.52. The molecule has 2 aromatic heterocycles. The Balaban J connectivity index is 1.82. The van der Waals surface area contributed by atoms with Crippen molar-refractivity contribution < 1.29 is 4.74 Å². The van der Waals surface area contributed by atoms with Gasteiger partial charge in [0.05, 0.1) is 24.0 Å². The molecule has 0 amide bonds. The first-order valence-electron chi connectivity index (χ1n) is 8.42. The van der Waals surface area contributed by atoms with Gasteiger partial charge in [-0.2, -0.15) is 10.4 Å². The normalized spacial score (nSPS) is 13.6. The number of aromatic nitrogens is 2. The van der Waals surface area contributed by atoms with E-state index in [0.717, 1.165) is 41.2 Å². The molecule has 1 aliphatic carbocycles. The van der Waals surface area contributed by atoms with Crippen molar-refractivity contribution in [1.82, 2.24) is 9.61 Å². The Hall–Kier alpha value is -3.20. The average molecular weight is 333 g/mol. The van der Waals surface area contributed by atoms with Crippen LogP contribution in [0.3, 0.4) is 0 Å². The molecule has 1 aliphatic rings. The SMILES string of the molecule is CCOc1ccc(Nc2c(C3CC3)c(N)c(C#N)c3ccnn23)cc1. The van der Waals surface area contributed by atoms with E-state index in [9.17, 15) is 5.26 Å². The molecule has 3 N–H and O–H groups in total. The van der Waals surface area contributed by atoms with Crippen LogP contribution in [0.1, 0.15) is 36.8 Å². The minimum atomic E-state index is 0.380. The average Bonchev–Trinajstić information content (AvgIpc) is 3.33. The Labute approximate surface area is 145 Å². The molecule has 3 aromatic rings. The number of nitrogen functional groups attached to an aromatic ring is 1. The van der Waals surface area contributed by atoms with Crippen molar-refractivity contribution in [3.05, 3.63) is 47.7 Å². The molecule has 1 aromatic carbocycles. The van der Waals surface area contributed by atoms with E-state index in [1.54, 1.807) is 10.7 Å². The summed E-state index contributed by atoms with van der Waals surface area (Å²) in [6.45, 7) is 2.60. The van der Waals surface area contributed by atoms with Crippen LogP contribution in [0.2, 0.25) is 0 Å². The molecule has 0 aliphatic heterocycles. The number of nitrogens with one attached hydrogen (secondary N) is 1. The molecule has 6 nitrogen and oxygen atoms in total. The van der Waals surface area contributed by atoms with E-state index < -0.39 is 0 Å². The van der Waals surface area contributed by atoms with E-state index in [1.165, 1.54) is 0 Å². The first kappa shape index (κ1) is 15.3. The van der Waals surface area contributed by atoms with Crippen molar-refractivity contribution in [1.29, 1.82) is 5.26 Å². The van der Waals surface area contributed by atoms with Gasteiger partial charge in [-0.15, -0.1) is 0 Å². The standard InChI is InChI=1S/C19H19N5O/c1-2-25-14-7-5-13(6-8-14)23-19-17(12-3-4-12)18(21)15(11-20)16-9-10-22-24(16)19/h5-10,12,23H,2-4,21H2,1H3. The number of anilines is 3. The highest BCUT2D eigenvalue weighted by atomic mass is 16.5. The second-order valence-corrected chi connectivity index (χ2v) is 6.15. The predicted octanol–water partition coefficient (Wildman–Crippen LogP) is 3.81. The van der Waals surface area contributed by atoms with Gasteiger partial charge in [0.25, 0.3) is 0 Å². The Morgan fingerprint density at radius 1 is 1.32 bits per heavy atom. The van der Waals surface area contributed by atoms with Gasteiger partial charge in [0.2, 0.25) is 0 Å². The first-order chi connectivity index (χ1) is 12.2. The summed E-state index contributed by atoms with van der Waals surface area (Å²) in [6, 6.07) is 11.8. The molecule has 0 atom stereocenters. The number of hydrogen-bond donors (Lipinski definition) is 2. The molecule has 0 spiro atoms. The van der Waals surface area contributed by atoms with Crippen molar-refractivity contribution in [2.45, 2.75) is 25.7 Å². The van der Waals surface area contributed by atoms with Gasteiger partial charge in [0.15, 0.2) is 0 Å². The van der Waals surface area contributed by atoms with Crippen LogP contribution in [0, 0.1) is 11.3 Å². The van der Waals surface area contributed by atoms with E-state index in [1.807, 2.05) is 37.3 Å². The molecule has 25 heavy (non-hydrogen) atoms. The zero-order valence-corrected chi connectivity index (χ0v) is 14.0. The van der Waals surface area contributed by atoms with Crippen molar-refractivity contribution >= 4 is 22.7 Å². The summed E-state index contributed by atoms with van der Waals surface area (Å²) in [6.07, 6.45) is 3.86. The Kier molecular flexibility index (Phi) is 3.69. The zero-order valence-electron chi connectivity index (χ0n) is 14.0. The van der Waals surface area contributed by atoms with Crippen molar-refractivity contribution in [2.24, 2.45) is 0 Å². The van der Waals surface area contributed by atoms with Gasteiger partial charge in [0.1, 0.15) is 23.2 Å². The van der Waals surface area contributed by atoms with Crippen molar-refractivity contribution in [3.63, 3.8) is 0 Å². The summed E-state index contributed by atoms with van der Waals surface area (Å²) >= 11 is 0. The predicted molar refractivity (Wildman–Crippen MR) is 97.2 cm³/mol. The van der Waals surface area contributed by atoms with Gasteiger partial charge in [-0.1, -0.05) is 0 Å². The maximum absolute atomic E-state index is 9.52. The summed E-state index contributed by atoms with van der Waals surface area (Å²) in [7, 11) is 0. The number of pyridine rings is 1. The number of fused-ring (bicyclic) bond motifs is 1. The summed E-state index contributed by atoms with van der Waals surface area (Å²) in [5.41, 5.74) is 10.0. The van der Waals surface area contributed by atoms with Crippen LogP contribution in [0.4, 0.5) is 17.2 Å². The maximum Gasteiger partial charge on any atom is 0.138 e.